The SMILES string of the molecule is COc1ccc([C@H]2CN(Cc3nc[nH]c3C)[C@H]3C4CCN(CC4)[C@@H]23)cc1. The van der Waals surface area contributed by atoms with Crippen LogP contribution < -0.4 is 4.74 Å². The number of likely N-dealkylation sites (tertiary alicyclic amines) is 1. The number of imidazole rings is 1. The molecule has 5 heteroatoms. The smallest absolute Gasteiger partial charge is 0.118 e. The summed E-state index contributed by atoms with van der Waals surface area (Å²) in [6.45, 7) is 6.77. The Morgan fingerprint density at radius 3 is 2.58 bits per heavy atom. The van der Waals surface area contributed by atoms with Crippen molar-refractivity contribution in [3.63, 3.8) is 0 Å². The van der Waals surface area contributed by atoms with Gasteiger partial charge in [-0.2, -0.15) is 0 Å². The fraction of sp³-hybridized carbons (Fsp3) is 0.571. The van der Waals surface area contributed by atoms with Crippen molar-refractivity contribution >= 4 is 0 Å². The van der Waals surface area contributed by atoms with Gasteiger partial charge in [0.25, 0.3) is 0 Å². The van der Waals surface area contributed by atoms with Gasteiger partial charge in [0, 0.05) is 36.8 Å². The lowest BCUT2D eigenvalue weighted by Crippen LogP contribution is -2.60. The van der Waals surface area contributed by atoms with Crippen molar-refractivity contribution in [2.75, 3.05) is 26.7 Å². The van der Waals surface area contributed by atoms with Gasteiger partial charge in [0.1, 0.15) is 5.75 Å². The molecular formula is C21H28N4O. The average molecular weight is 352 g/mol. The van der Waals surface area contributed by atoms with Crippen molar-refractivity contribution in [3.05, 3.63) is 47.5 Å². The van der Waals surface area contributed by atoms with Crippen molar-refractivity contribution in [1.82, 2.24) is 19.8 Å². The summed E-state index contributed by atoms with van der Waals surface area (Å²) in [5.41, 5.74) is 3.86. The van der Waals surface area contributed by atoms with Crippen LogP contribution in [-0.4, -0.2) is 58.6 Å². The lowest BCUT2D eigenvalue weighted by molar-refractivity contribution is -0.00899. The van der Waals surface area contributed by atoms with Gasteiger partial charge in [-0.25, -0.2) is 4.98 Å². The van der Waals surface area contributed by atoms with Crippen LogP contribution in [-0.2, 0) is 6.54 Å². The van der Waals surface area contributed by atoms with E-state index in [0.29, 0.717) is 18.0 Å². The highest BCUT2D eigenvalue weighted by Crippen LogP contribution is 2.47. The van der Waals surface area contributed by atoms with Crippen LogP contribution in [0.5, 0.6) is 5.75 Å². The molecule has 0 spiro atoms. The third-order valence-electron chi connectivity index (χ3n) is 6.92. The molecule has 4 saturated heterocycles. The van der Waals surface area contributed by atoms with Crippen molar-refractivity contribution in [3.8, 4) is 5.75 Å². The molecule has 0 unspecified atom stereocenters. The molecule has 2 bridgehead atoms. The number of piperidine rings is 3. The Kier molecular flexibility index (Phi) is 4.02. The second-order valence-electron chi connectivity index (χ2n) is 8.14. The Bertz CT molecular complexity index is 763. The average Bonchev–Trinajstić information content (AvgIpc) is 3.28. The number of nitrogens with zero attached hydrogens (tertiary/aromatic N) is 3. The summed E-state index contributed by atoms with van der Waals surface area (Å²) in [4.78, 5) is 13.3. The number of aromatic amines is 1. The maximum atomic E-state index is 5.36. The van der Waals surface area contributed by atoms with E-state index in [9.17, 15) is 0 Å². The van der Waals surface area contributed by atoms with Gasteiger partial charge in [-0.3, -0.25) is 9.80 Å². The highest BCUT2D eigenvalue weighted by molar-refractivity contribution is 5.33. The number of benzene rings is 1. The van der Waals surface area contributed by atoms with Crippen molar-refractivity contribution in [2.24, 2.45) is 5.92 Å². The molecule has 1 N–H and O–H groups in total. The summed E-state index contributed by atoms with van der Waals surface area (Å²) in [6, 6.07) is 10.1. The van der Waals surface area contributed by atoms with E-state index in [1.54, 1.807) is 7.11 Å². The summed E-state index contributed by atoms with van der Waals surface area (Å²) < 4.78 is 5.36. The van der Waals surface area contributed by atoms with E-state index in [4.69, 9.17) is 4.74 Å². The van der Waals surface area contributed by atoms with E-state index < -0.39 is 0 Å². The Balaban J connectivity index is 1.47. The molecule has 5 nitrogen and oxygen atoms in total. The molecule has 5 heterocycles. The second kappa shape index (κ2) is 6.39. The largest absolute Gasteiger partial charge is 0.497 e. The van der Waals surface area contributed by atoms with Crippen LogP contribution in [0.4, 0.5) is 0 Å². The summed E-state index contributed by atoms with van der Waals surface area (Å²) in [5.74, 6) is 2.36. The van der Waals surface area contributed by atoms with Gasteiger partial charge in [0.15, 0.2) is 0 Å². The normalized spacial score (nSPS) is 33.4. The van der Waals surface area contributed by atoms with E-state index in [1.165, 1.54) is 42.9 Å². The first kappa shape index (κ1) is 16.3. The lowest BCUT2D eigenvalue weighted by atomic mass is 9.75. The zero-order valence-corrected chi connectivity index (χ0v) is 15.7. The number of nitrogens with one attached hydrogen (secondary N) is 1. The highest BCUT2D eigenvalue weighted by Gasteiger charge is 2.53. The van der Waals surface area contributed by atoms with Gasteiger partial charge in [0.2, 0.25) is 0 Å². The van der Waals surface area contributed by atoms with Crippen LogP contribution in [0.1, 0.15) is 35.7 Å². The zero-order chi connectivity index (χ0) is 17.7. The first-order valence-corrected chi connectivity index (χ1v) is 9.85. The van der Waals surface area contributed by atoms with E-state index >= 15 is 0 Å². The van der Waals surface area contributed by atoms with Crippen molar-refractivity contribution < 1.29 is 4.74 Å². The maximum Gasteiger partial charge on any atom is 0.118 e. The Labute approximate surface area is 155 Å². The molecular weight excluding hydrogens is 324 g/mol. The molecule has 138 valence electrons. The summed E-state index contributed by atoms with van der Waals surface area (Å²) >= 11 is 0. The molecule has 0 saturated carbocycles. The van der Waals surface area contributed by atoms with Gasteiger partial charge >= 0.3 is 0 Å². The third kappa shape index (κ3) is 2.57. The zero-order valence-electron chi connectivity index (χ0n) is 15.7. The minimum absolute atomic E-state index is 0.577. The molecule has 0 aliphatic carbocycles. The van der Waals surface area contributed by atoms with Gasteiger partial charge in [-0.1, -0.05) is 12.1 Å². The molecule has 4 aliphatic rings. The number of fused-ring (bicyclic) bond motifs is 2. The predicted molar refractivity (Wildman–Crippen MR) is 101 cm³/mol. The molecule has 4 fully saturated rings. The number of methoxy groups -OCH3 is 1. The quantitative estimate of drug-likeness (QED) is 0.919. The standard InChI is InChI=1S/C21H28N4O/c1-14-19(23-13-22-14)12-25-11-18(15-3-5-17(26-2)6-4-15)21-20(25)16-7-9-24(21)10-8-16/h3-6,13,16,18,20-21H,7-12H2,1-2H3,(H,22,23)/t18-,20+,21+/m1/s1. The van der Waals surface area contributed by atoms with Gasteiger partial charge in [-0.15, -0.1) is 0 Å². The van der Waals surface area contributed by atoms with Crippen LogP contribution in [0.25, 0.3) is 0 Å². The van der Waals surface area contributed by atoms with E-state index in [-0.39, 0.29) is 0 Å². The molecule has 3 atom stereocenters. The maximum absolute atomic E-state index is 5.36. The number of rotatable bonds is 4. The number of H-pyrrole nitrogens is 1. The van der Waals surface area contributed by atoms with Gasteiger partial charge < -0.3 is 9.72 Å². The monoisotopic (exact) mass is 352 g/mol. The van der Waals surface area contributed by atoms with Gasteiger partial charge in [0.05, 0.1) is 19.1 Å². The summed E-state index contributed by atoms with van der Waals surface area (Å²) in [6.07, 6.45) is 4.54. The number of hydrogen-bond donors (Lipinski definition) is 1. The van der Waals surface area contributed by atoms with Crippen LogP contribution in [0.15, 0.2) is 30.6 Å². The van der Waals surface area contributed by atoms with E-state index in [2.05, 4.69) is 51.0 Å². The molecule has 1 aromatic carbocycles. The third-order valence-corrected chi connectivity index (χ3v) is 6.92. The first-order valence-electron chi connectivity index (χ1n) is 9.85. The minimum Gasteiger partial charge on any atom is -0.497 e. The van der Waals surface area contributed by atoms with Crippen LogP contribution in [0.2, 0.25) is 0 Å². The topological polar surface area (TPSA) is 44.4 Å². The molecule has 0 radical (unpaired) electrons. The summed E-state index contributed by atoms with van der Waals surface area (Å²) in [5, 5.41) is 0. The van der Waals surface area contributed by atoms with Crippen LogP contribution in [0, 0.1) is 12.8 Å². The van der Waals surface area contributed by atoms with Crippen LogP contribution >= 0.6 is 0 Å². The predicted octanol–water partition coefficient (Wildman–Crippen LogP) is 2.79. The fourth-order valence-electron chi connectivity index (χ4n) is 5.61. The van der Waals surface area contributed by atoms with E-state index in [0.717, 1.165) is 24.8 Å². The molecule has 0 amide bonds. The number of ether oxygens (including phenoxy) is 1. The first-order chi connectivity index (χ1) is 12.7. The molecule has 4 aliphatic heterocycles. The number of aromatic nitrogens is 2. The van der Waals surface area contributed by atoms with Crippen LogP contribution in [0.3, 0.4) is 0 Å². The fourth-order valence-corrected chi connectivity index (χ4v) is 5.61. The molecule has 6 rings (SSSR count). The Morgan fingerprint density at radius 1 is 1.15 bits per heavy atom. The number of hydrogen-bond acceptors (Lipinski definition) is 4. The summed E-state index contributed by atoms with van der Waals surface area (Å²) in [7, 11) is 1.74. The number of aryl methyl sites for hydroxylation is 1. The highest BCUT2D eigenvalue weighted by atomic mass is 16.5. The second-order valence-corrected chi connectivity index (χ2v) is 8.14. The van der Waals surface area contributed by atoms with Crippen molar-refractivity contribution in [2.45, 2.75) is 44.3 Å². The van der Waals surface area contributed by atoms with Crippen molar-refractivity contribution in [1.29, 1.82) is 0 Å². The molecule has 2 aromatic rings. The Morgan fingerprint density at radius 2 is 1.92 bits per heavy atom. The minimum atomic E-state index is 0.577. The Hall–Kier alpha value is -1.85. The molecule has 1 aromatic heterocycles. The molecule has 26 heavy (non-hydrogen) atoms. The lowest BCUT2D eigenvalue weighted by Gasteiger charge is -2.51. The van der Waals surface area contributed by atoms with Gasteiger partial charge in [-0.05, 0) is 56.5 Å². The van der Waals surface area contributed by atoms with E-state index in [1.807, 2.05) is 6.33 Å².